The van der Waals surface area contributed by atoms with Gasteiger partial charge in [-0.3, -0.25) is 0 Å². The lowest BCUT2D eigenvalue weighted by Crippen LogP contribution is -2.28. The van der Waals surface area contributed by atoms with E-state index in [9.17, 15) is 13.6 Å². The summed E-state index contributed by atoms with van der Waals surface area (Å²) in [5, 5.41) is 1.56. The average molecular weight is 233 g/mol. The third kappa shape index (κ3) is 1.36. The fraction of sp³-hybridized carbons (Fsp3) is 0.444. The second-order valence-electron chi connectivity index (χ2n) is 3.51. The number of carbonyl (C=O) groups excluding carboxylic acids is 1. The van der Waals surface area contributed by atoms with Crippen molar-refractivity contribution in [3.05, 3.63) is 21.9 Å². The van der Waals surface area contributed by atoms with Crippen LogP contribution >= 0.6 is 11.3 Å². The van der Waals surface area contributed by atoms with Crippen molar-refractivity contribution >= 4 is 17.3 Å². The van der Waals surface area contributed by atoms with E-state index in [0.717, 1.165) is 11.3 Å². The van der Waals surface area contributed by atoms with E-state index in [0.29, 0.717) is 0 Å². The van der Waals surface area contributed by atoms with Gasteiger partial charge in [0, 0.05) is 12.0 Å². The third-order valence-corrected chi connectivity index (χ3v) is 3.44. The van der Waals surface area contributed by atoms with E-state index in [1.54, 1.807) is 5.38 Å². The molecule has 3 nitrogen and oxygen atoms in total. The molecule has 0 radical (unpaired) electrons. The number of ether oxygens (including phenoxy) is 1. The zero-order valence-corrected chi connectivity index (χ0v) is 8.74. The molecular formula is C9H9F2NO2S. The second kappa shape index (κ2) is 2.99. The molecule has 2 rings (SSSR count). The summed E-state index contributed by atoms with van der Waals surface area (Å²) >= 11 is 1.06. The van der Waals surface area contributed by atoms with Gasteiger partial charge in [-0.15, -0.1) is 11.3 Å². The number of rotatable bonds is 2. The highest BCUT2D eigenvalue weighted by molar-refractivity contribution is 7.12. The Labute approximate surface area is 88.8 Å². The van der Waals surface area contributed by atoms with Crippen molar-refractivity contribution in [3.8, 4) is 0 Å². The third-order valence-electron chi connectivity index (χ3n) is 2.55. The van der Waals surface area contributed by atoms with Crippen molar-refractivity contribution < 1.29 is 18.3 Å². The smallest absolute Gasteiger partial charge is 0.348 e. The van der Waals surface area contributed by atoms with Crippen LogP contribution in [0.2, 0.25) is 0 Å². The van der Waals surface area contributed by atoms with Gasteiger partial charge in [-0.1, -0.05) is 0 Å². The highest BCUT2D eigenvalue weighted by Gasteiger charge is 2.71. The van der Waals surface area contributed by atoms with Gasteiger partial charge in [-0.2, -0.15) is 0 Å². The fourth-order valence-electron chi connectivity index (χ4n) is 1.51. The Bertz CT molecular complexity index is 418. The van der Waals surface area contributed by atoms with Crippen LogP contribution in [0.15, 0.2) is 11.4 Å². The number of halogens is 2. The molecule has 15 heavy (non-hydrogen) atoms. The molecule has 1 heterocycles. The van der Waals surface area contributed by atoms with Crippen molar-refractivity contribution in [2.75, 3.05) is 7.11 Å². The summed E-state index contributed by atoms with van der Waals surface area (Å²) in [5.74, 6) is -3.54. The van der Waals surface area contributed by atoms with Crippen molar-refractivity contribution in [2.45, 2.75) is 17.9 Å². The summed E-state index contributed by atoms with van der Waals surface area (Å²) in [6, 6.07) is 1.46. The maximum atomic E-state index is 13.0. The van der Waals surface area contributed by atoms with Gasteiger partial charge in [0.2, 0.25) is 0 Å². The van der Waals surface area contributed by atoms with E-state index in [-0.39, 0.29) is 10.4 Å². The minimum absolute atomic E-state index is 0.164. The quantitative estimate of drug-likeness (QED) is 0.791. The highest BCUT2D eigenvalue weighted by atomic mass is 32.1. The van der Waals surface area contributed by atoms with Crippen LogP contribution < -0.4 is 5.73 Å². The van der Waals surface area contributed by atoms with Crippen molar-refractivity contribution in [3.63, 3.8) is 0 Å². The number of thiophene rings is 1. The van der Waals surface area contributed by atoms with Crippen LogP contribution in [0.4, 0.5) is 8.78 Å². The lowest BCUT2D eigenvalue weighted by atomic mass is 10.1. The Morgan fingerprint density at radius 1 is 1.67 bits per heavy atom. The maximum Gasteiger partial charge on any atom is 0.348 e. The Balaban J connectivity index is 2.39. The maximum absolute atomic E-state index is 13.0. The van der Waals surface area contributed by atoms with Crippen LogP contribution in [0.3, 0.4) is 0 Å². The summed E-state index contributed by atoms with van der Waals surface area (Å²) in [6.45, 7) is 0. The van der Waals surface area contributed by atoms with Crippen LogP contribution in [0, 0.1) is 0 Å². The molecule has 1 aromatic rings. The van der Waals surface area contributed by atoms with E-state index >= 15 is 0 Å². The topological polar surface area (TPSA) is 52.3 Å². The number of alkyl halides is 2. The van der Waals surface area contributed by atoms with E-state index in [2.05, 4.69) is 4.74 Å². The van der Waals surface area contributed by atoms with Gasteiger partial charge >= 0.3 is 5.97 Å². The average Bonchev–Trinajstić information content (AvgIpc) is 2.56. The predicted octanol–water partition coefficient (Wildman–Crippen LogP) is 1.73. The molecule has 0 amide bonds. The minimum atomic E-state index is -2.92. The van der Waals surface area contributed by atoms with Gasteiger partial charge in [-0.05, 0) is 11.4 Å². The van der Waals surface area contributed by atoms with E-state index < -0.39 is 23.9 Å². The first-order valence-electron chi connectivity index (χ1n) is 4.25. The van der Waals surface area contributed by atoms with Gasteiger partial charge < -0.3 is 10.5 Å². The van der Waals surface area contributed by atoms with E-state index in [4.69, 9.17) is 5.73 Å². The van der Waals surface area contributed by atoms with Crippen LogP contribution in [-0.2, 0) is 10.3 Å². The molecule has 6 heteroatoms. The normalized spacial score (nSPS) is 27.5. The predicted molar refractivity (Wildman–Crippen MR) is 51.1 cm³/mol. The van der Waals surface area contributed by atoms with Gasteiger partial charge in [0.05, 0.1) is 7.11 Å². The van der Waals surface area contributed by atoms with Crippen molar-refractivity contribution in [1.29, 1.82) is 0 Å². The molecule has 0 bridgehead atoms. The Kier molecular flexibility index (Phi) is 2.09. The Morgan fingerprint density at radius 2 is 2.27 bits per heavy atom. The summed E-state index contributed by atoms with van der Waals surface area (Å²) < 4.78 is 30.5. The number of nitrogens with two attached hydrogens (primary N) is 1. The molecule has 0 spiro atoms. The monoisotopic (exact) mass is 233 g/mol. The second-order valence-corrected chi connectivity index (χ2v) is 4.42. The first kappa shape index (κ1) is 10.5. The fourth-order valence-corrected chi connectivity index (χ4v) is 2.41. The number of methoxy groups -OCH3 is 1. The van der Waals surface area contributed by atoms with Gasteiger partial charge in [-0.25, -0.2) is 13.6 Å². The van der Waals surface area contributed by atoms with Gasteiger partial charge in [0.1, 0.15) is 10.4 Å². The molecule has 1 atom stereocenters. The molecule has 1 aliphatic carbocycles. The van der Waals surface area contributed by atoms with Crippen LogP contribution in [0.5, 0.6) is 0 Å². The molecule has 1 saturated carbocycles. The van der Waals surface area contributed by atoms with Gasteiger partial charge in [0.15, 0.2) is 0 Å². The molecule has 0 saturated heterocycles. The first-order valence-corrected chi connectivity index (χ1v) is 5.13. The lowest BCUT2D eigenvalue weighted by Gasteiger charge is -2.10. The molecule has 0 aromatic carbocycles. The number of hydrogen-bond acceptors (Lipinski definition) is 4. The molecule has 82 valence electrons. The van der Waals surface area contributed by atoms with E-state index in [1.165, 1.54) is 13.2 Å². The number of hydrogen-bond donors (Lipinski definition) is 1. The van der Waals surface area contributed by atoms with Crippen molar-refractivity contribution in [1.82, 2.24) is 0 Å². The zero-order chi connectivity index (χ0) is 11.3. The molecule has 1 unspecified atom stereocenters. The first-order chi connectivity index (χ1) is 6.92. The summed E-state index contributed by atoms with van der Waals surface area (Å²) in [5.41, 5.74) is 4.03. The largest absolute Gasteiger partial charge is 0.465 e. The Hall–Kier alpha value is -1.01. The zero-order valence-electron chi connectivity index (χ0n) is 7.92. The Morgan fingerprint density at radius 3 is 2.73 bits per heavy atom. The van der Waals surface area contributed by atoms with E-state index in [1.807, 2.05) is 0 Å². The standard InChI is InChI=1S/C9H9F2NO2S/c1-14-7(13)6-5(2-3-15-6)8(12)4-9(8,10)11/h2-3H,4,12H2,1H3. The highest BCUT2D eigenvalue weighted by Crippen LogP contribution is 2.58. The molecule has 1 aliphatic rings. The van der Waals surface area contributed by atoms with Crippen LogP contribution in [0.1, 0.15) is 21.7 Å². The summed E-state index contributed by atoms with van der Waals surface area (Å²) in [6.07, 6.45) is -0.416. The lowest BCUT2D eigenvalue weighted by molar-refractivity contribution is 0.0600. The molecule has 0 aliphatic heterocycles. The molecule has 1 fully saturated rings. The van der Waals surface area contributed by atoms with Crippen LogP contribution in [-0.4, -0.2) is 19.0 Å². The minimum Gasteiger partial charge on any atom is -0.465 e. The molecule has 2 N–H and O–H groups in total. The molecule has 1 aromatic heterocycles. The number of esters is 1. The van der Waals surface area contributed by atoms with Gasteiger partial charge in [0.25, 0.3) is 5.92 Å². The summed E-state index contributed by atoms with van der Waals surface area (Å²) in [7, 11) is 1.21. The SMILES string of the molecule is COC(=O)c1sccc1C1(N)CC1(F)F. The number of carbonyl (C=O) groups is 1. The molecular weight excluding hydrogens is 224 g/mol. The van der Waals surface area contributed by atoms with Crippen molar-refractivity contribution in [2.24, 2.45) is 5.73 Å². The van der Waals surface area contributed by atoms with Crippen LogP contribution in [0.25, 0.3) is 0 Å². The summed E-state index contributed by atoms with van der Waals surface area (Å²) in [4.78, 5) is 11.4.